The number of benzene rings is 2. The van der Waals surface area contributed by atoms with Crippen molar-refractivity contribution in [1.29, 1.82) is 0 Å². The summed E-state index contributed by atoms with van der Waals surface area (Å²) in [4.78, 5) is 13.9. The molecule has 0 aliphatic rings. The lowest BCUT2D eigenvalue weighted by atomic mass is 10.1. The van der Waals surface area contributed by atoms with Gasteiger partial charge in [-0.15, -0.1) is 0 Å². The monoisotopic (exact) mass is 388 g/mol. The van der Waals surface area contributed by atoms with E-state index >= 15 is 0 Å². The van der Waals surface area contributed by atoms with Crippen molar-refractivity contribution in [3.05, 3.63) is 65.5 Å². The molecular formula is C17H16Cl3FN2O. The number of halogens is 4. The first-order chi connectivity index (χ1) is 11.2. The molecule has 0 spiro atoms. The summed E-state index contributed by atoms with van der Waals surface area (Å²) in [6.45, 7) is 1.63. The largest absolute Gasteiger partial charge is 0.327 e. The Morgan fingerprint density at radius 2 is 1.79 bits per heavy atom. The van der Waals surface area contributed by atoms with E-state index in [9.17, 15) is 9.18 Å². The average molecular weight is 390 g/mol. The Kier molecular flexibility index (Phi) is 5.97. The van der Waals surface area contributed by atoms with Crippen molar-refractivity contribution in [2.45, 2.75) is 16.8 Å². The number of carbonyl (C=O) groups is 1. The van der Waals surface area contributed by atoms with Crippen LogP contribution in [0.5, 0.6) is 0 Å². The molecule has 7 heteroatoms. The Morgan fingerprint density at radius 1 is 1.17 bits per heavy atom. The highest BCUT2D eigenvalue weighted by atomic mass is 35.6. The molecule has 0 saturated heterocycles. The van der Waals surface area contributed by atoms with Crippen LogP contribution in [0.3, 0.4) is 0 Å². The van der Waals surface area contributed by atoms with E-state index < -0.39 is 21.7 Å². The first-order valence-corrected chi connectivity index (χ1v) is 8.25. The fourth-order valence-corrected chi connectivity index (χ4v) is 2.67. The number of amides is 2. The molecule has 1 N–H and O–H groups in total. The lowest BCUT2D eigenvalue weighted by molar-refractivity contribution is 0.244. The van der Waals surface area contributed by atoms with Crippen LogP contribution in [-0.4, -0.2) is 16.9 Å². The SMILES string of the molecule is Cc1ccc([C@H](NC(=O)N(C)c2ccccc2)C(Cl)(Cl)Cl)cc1F. The summed E-state index contributed by atoms with van der Waals surface area (Å²) >= 11 is 18.0. The number of aryl methyl sites for hydroxylation is 1. The molecule has 0 aliphatic heterocycles. The van der Waals surface area contributed by atoms with E-state index in [4.69, 9.17) is 34.8 Å². The second-order valence-corrected chi connectivity index (χ2v) is 7.70. The maximum absolute atomic E-state index is 13.8. The van der Waals surface area contributed by atoms with E-state index in [1.165, 1.54) is 11.0 Å². The second kappa shape index (κ2) is 7.60. The predicted octanol–water partition coefficient (Wildman–Crippen LogP) is 5.39. The quantitative estimate of drug-likeness (QED) is 0.701. The Morgan fingerprint density at radius 3 is 2.33 bits per heavy atom. The minimum Gasteiger partial charge on any atom is -0.327 e. The smallest absolute Gasteiger partial charge is 0.322 e. The van der Waals surface area contributed by atoms with Crippen LogP contribution in [0.25, 0.3) is 0 Å². The number of hydrogen-bond donors (Lipinski definition) is 1. The first-order valence-electron chi connectivity index (χ1n) is 7.12. The van der Waals surface area contributed by atoms with Crippen LogP contribution in [0.1, 0.15) is 17.2 Å². The van der Waals surface area contributed by atoms with Crippen LogP contribution in [0, 0.1) is 12.7 Å². The third kappa shape index (κ3) is 4.53. The number of urea groups is 1. The summed E-state index contributed by atoms with van der Waals surface area (Å²) < 4.78 is 12.0. The molecule has 3 nitrogen and oxygen atoms in total. The summed E-state index contributed by atoms with van der Waals surface area (Å²) in [6, 6.07) is 12.0. The van der Waals surface area contributed by atoms with Crippen LogP contribution in [0.4, 0.5) is 14.9 Å². The highest BCUT2D eigenvalue weighted by molar-refractivity contribution is 6.68. The number of nitrogens with zero attached hydrogens (tertiary/aromatic N) is 1. The number of carbonyl (C=O) groups excluding carboxylic acids is 1. The normalized spacial score (nSPS) is 12.6. The topological polar surface area (TPSA) is 32.3 Å². The van der Waals surface area contributed by atoms with Gasteiger partial charge >= 0.3 is 6.03 Å². The zero-order valence-corrected chi connectivity index (χ0v) is 15.3. The molecule has 24 heavy (non-hydrogen) atoms. The fraction of sp³-hybridized carbons (Fsp3) is 0.235. The molecule has 2 aromatic rings. The lowest BCUT2D eigenvalue weighted by Crippen LogP contribution is -2.43. The highest BCUT2D eigenvalue weighted by Crippen LogP contribution is 2.40. The number of anilines is 1. The van der Waals surface area contributed by atoms with E-state index in [0.29, 0.717) is 16.8 Å². The van der Waals surface area contributed by atoms with Crippen molar-refractivity contribution in [2.75, 3.05) is 11.9 Å². The minimum atomic E-state index is -1.84. The molecule has 2 rings (SSSR count). The van der Waals surface area contributed by atoms with Gasteiger partial charge in [0.2, 0.25) is 3.79 Å². The molecule has 0 aliphatic carbocycles. The number of nitrogens with one attached hydrogen (secondary N) is 1. The Hall–Kier alpha value is -1.49. The zero-order valence-electron chi connectivity index (χ0n) is 13.1. The van der Waals surface area contributed by atoms with Gasteiger partial charge in [-0.2, -0.15) is 0 Å². The van der Waals surface area contributed by atoms with Crippen molar-refractivity contribution in [3.63, 3.8) is 0 Å². The van der Waals surface area contributed by atoms with Crippen LogP contribution < -0.4 is 10.2 Å². The van der Waals surface area contributed by atoms with Crippen LogP contribution in [0.2, 0.25) is 0 Å². The van der Waals surface area contributed by atoms with Gasteiger partial charge in [-0.1, -0.05) is 65.1 Å². The molecule has 2 amide bonds. The molecule has 1 atom stereocenters. The third-order valence-corrected chi connectivity index (χ3v) is 4.23. The molecule has 0 aromatic heterocycles. The maximum atomic E-state index is 13.8. The van der Waals surface area contributed by atoms with Crippen molar-refractivity contribution in [2.24, 2.45) is 0 Å². The molecule has 128 valence electrons. The maximum Gasteiger partial charge on any atom is 0.322 e. The summed E-state index contributed by atoms with van der Waals surface area (Å²) in [7, 11) is 1.59. The van der Waals surface area contributed by atoms with Crippen molar-refractivity contribution in [1.82, 2.24) is 5.32 Å². The number of para-hydroxylation sites is 1. The Balaban J connectivity index is 2.26. The standard InChI is InChI=1S/C17H16Cl3FN2O/c1-11-8-9-12(10-14(11)21)15(17(18,19)20)22-16(24)23(2)13-6-4-3-5-7-13/h3-10,15H,1-2H3,(H,22,24)/t15-/m0/s1. The lowest BCUT2D eigenvalue weighted by Gasteiger charge is -2.28. The molecule has 0 unspecified atom stereocenters. The van der Waals surface area contributed by atoms with E-state index in [1.807, 2.05) is 6.07 Å². The number of alkyl halides is 3. The van der Waals surface area contributed by atoms with Gasteiger partial charge in [0.15, 0.2) is 0 Å². The van der Waals surface area contributed by atoms with E-state index in [1.54, 1.807) is 50.4 Å². The van der Waals surface area contributed by atoms with Gasteiger partial charge < -0.3 is 5.32 Å². The van der Waals surface area contributed by atoms with E-state index in [-0.39, 0.29) is 0 Å². The Bertz CT molecular complexity index is 720. The summed E-state index contributed by atoms with van der Waals surface area (Å²) in [6.07, 6.45) is 0. The van der Waals surface area contributed by atoms with Gasteiger partial charge in [0.1, 0.15) is 11.9 Å². The minimum absolute atomic E-state index is 0.368. The molecular weight excluding hydrogens is 374 g/mol. The van der Waals surface area contributed by atoms with Crippen molar-refractivity contribution >= 4 is 46.5 Å². The second-order valence-electron chi connectivity index (χ2n) is 5.33. The molecule has 0 radical (unpaired) electrons. The summed E-state index contributed by atoms with van der Waals surface area (Å²) in [5, 5.41) is 2.64. The van der Waals surface area contributed by atoms with Crippen molar-refractivity contribution < 1.29 is 9.18 Å². The third-order valence-electron chi connectivity index (χ3n) is 3.57. The van der Waals surface area contributed by atoms with Gasteiger partial charge in [0.05, 0.1) is 0 Å². The predicted molar refractivity (Wildman–Crippen MR) is 97.5 cm³/mol. The van der Waals surface area contributed by atoms with Gasteiger partial charge in [0, 0.05) is 12.7 Å². The zero-order chi connectivity index (χ0) is 17.9. The molecule has 0 fully saturated rings. The summed E-state index contributed by atoms with van der Waals surface area (Å²) in [5.74, 6) is -0.433. The van der Waals surface area contributed by atoms with Crippen molar-refractivity contribution in [3.8, 4) is 0 Å². The average Bonchev–Trinajstić information content (AvgIpc) is 2.54. The molecule has 0 saturated carbocycles. The van der Waals surface area contributed by atoms with Gasteiger partial charge in [-0.25, -0.2) is 9.18 Å². The molecule has 0 bridgehead atoms. The highest BCUT2D eigenvalue weighted by Gasteiger charge is 2.36. The Labute approximate surface area is 155 Å². The number of rotatable bonds is 3. The van der Waals surface area contributed by atoms with Crippen LogP contribution >= 0.6 is 34.8 Å². The van der Waals surface area contributed by atoms with Gasteiger partial charge in [0.25, 0.3) is 0 Å². The molecule has 0 heterocycles. The van der Waals surface area contributed by atoms with Gasteiger partial charge in [-0.3, -0.25) is 4.90 Å². The van der Waals surface area contributed by atoms with E-state index in [0.717, 1.165) is 0 Å². The van der Waals surface area contributed by atoms with E-state index in [2.05, 4.69) is 5.32 Å². The summed E-state index contributed by atoms with van der Waals surface area (Å²) in [5.41, 5.74) is 1.51. The fourth-order valence-electron chi connectivity index (χ4n) is 2.13. The van der Waals surface area contributed by atoms with Crippen LogP contribution in [-0.2, 0) is 0 Å². The molecule has 2 aromatic carbocycles. The first kappa shape index (κ1) is 18.8. The van der Waals surface area contributed by atoms with Crippen LogP contribution in [0.15, 0.2) is 48.5 Å². The number of hydrogen-bond acceptors (Lipinski definition) is 1. The van der Waals surface area contributed by atoms with Gasteiger partial charge in [-0.05, 0) is 36.2 Å².